The zero-order chi connectivity index (χ0) is 27.4. The predicted molar refractivity (Wildman–Crippen MR) is 151 cm³/mol. The number of benzene rings is 1. The summed E-state index contributed by atoms with van der Waals surface area (Å²) in [7, 11) is 9.38. The van der Waals surface area contributed by atoms with Gasteiger partial charge in [-0.25, -0.2) is 15.0 Å². The Balaban J connectivity index is 1.71. The van der Waals surface area contributed by atoms with Crippen LogP contribution in [0.2, 0.25) is 5.02 Å². The van der Waals surface area contributed by atoms with Gasteiger partial charge in [-0.1, -0.05) is 18.2 Å². The lowest BCUT2D eigenvalue weighted by Gasteiger charge is -2.26. The van der Waals surface area contributed by atoms with Gasteiger partial charge in [0, 0.05) is 50.4 Å². The van der Waals surface area contributed by atoms with Gasteiger partial charge in [-0.2, -0.15) is 5.10 Å². The molecule has 0 unspecified atom stereocenters. The van der Waals surface area contributed by atoms with E-state index in [-0.39, 0.29) is 5.91 Å². The molecule has 0 aliphatic heterocycles. The van der Waals surface area contributed by atoms with E-state index in [0.29, 0.717) is 33.8 Å². The Labute approximate surface area is 226 Å². The van der Waals surface area contributed by atoms with Gasteiger partial charge in [0.15, 0.2) is 5.65 Å². The molecular weight excluding hydrogens is 506 g/mol. The van der Waals surface area contributed by atoms with Crippen molar-refractivity contribution in [1.82, 2.24) is 29.6 Å². The second-order valence-electron chi connectivity index (χ2n) is 8.91. The summed E-state index contributed by atoms with van der Waals surface area (Å²) < 4.78 is 7.37. The average molecular weight is 536 g/mol. The van der Waals surface area contributed by atoms with Crippen LogP contribution in [0.5, 0.6) is 5.75 Å². The molecule has 0 fully saturated rings. The molecule has 0 aliphatic carbocycles. The number of ether oxygens (including phenoxy) is 1. The maximum absolute atomic E-state index is 12.2. The zero-order valence-corrected chi connectivity index (χ0v) is 22.7. The summed E-state index contributed by atoms with van der Waals surface area (Å²) in [6, 6.07) is 5.56. The number of rotatable bonds is 10. The number of hydrogen-bond acceptors (Lipinski definition) is 9. The summed E-state index contributed by atoms with van der Waals surface area (Å²) >= 11 is 6.46. The second kappa shape index (κ2) is 11.4. The molecule has 0 bridgehead atoms. The summed E-state index contributed by atoms with van der Waals surface area (Å²) in [6.07, 6.45) is 6.18. The quantitative estimate of drug-likeness (QED) is 0.291. The number of methoxy groups -OCH3 is 1. The van der Waals surface area contributed by atoms with Crippen LogP contribution >= 0.6 is 11.6 Å². The third kappa shape index (κ3) is 5.84. The molecule has 198 valence electrons. The summed E-state index contributed by atoms with van der Waals surface area (Å²) in [4.78, 5) is 29.8. The molecule has 0 saturated carbocycles. The van der Waals surface area contributed by atoms with E-state index in [4.69, 9.17) is 16.3 Å². The lowest BCUT2D eigenvalue weighted by molar-refractivity contribution is -0.111. The van der Waals surface area contributed by atoms with Crippen molar-refractivity contribution in [2.24, 2.45) is 7.05 Å². The van der Waals surface area contributed by atoms with Gasteiger partial charge in [-0.3, -0.25) is 9.48 Å². The van der Waals surface area contributed by atoms with Gasteiger partial charge < -0.3 is 25.2 Å². The van der Waals surface area contributed by atoms with Crippen LogP contribution in [0.4, 0.5) is 23.0 Å². The number of halogens is 1. The van der Waals surface area contributed by atoms with E-state index >= 15 is 0 Å². The van der Waals surface area contributed by atoms with Crippen molar-refractivity contribution in [3.63, 3.8) is 0 Å². The smallest absolute Gasteiger partial charge is 0.247 e. The molecule has 3 aromatic heterocycles. The zero-order valence-electron chi connectivity index (χ0n) is 22.0. The van der Waals surface area contributed by atoms with Crippen molar-refractivity contribution in [3.05, 3.63) is 54.5 Å². The fraction of sp³-hybridized carbons (Fsp3) is 0.269. The largest absolute Gasteiger partial charge is 0.494 e. The number of pyridine rings is 1. The predicted octanol–water partition coefficient (Wildman–Crippen LogP) is 3.95. The number of fused-ring (bicyclic) bond motifs is 1. The maximum atomic E-state index is 12.2. The van der Waals surface area contributed by atoms with E-state index in [2.05, 4.69) is 42.2 Å². The van der Waals surface area contributed by atoms with Gasteiger partial charge in [0.2, 0.25) is 11.9 Å². The van der Waals surface area contributed by atoms with Crippen molar-refractivity contribution in [1.29, 1.82) is 0 Å². The Kier molecular flexibility index (Phi) is 8.08. The molecular formula is C26H30ClN9O2. The van der Waals surface area contributed by atoms with Gasteiger partial charge in [0.05, 0.1) is 47.3 Å². The fourth-order valence-corrected chi connectivity index (χ4v) is 4.03. The Morgan fingerprint density at radius 3 is 2.63 bits per heavy atom. The van der Waals surface area contributed by atoms with Crippen molar-refractivity contribution in [2.75, 3.05) is 56.9 Å². The van der Waals surface area contributed by atoms with E-state index in [9.17, 15) is 4.79 Å². The number of carbonyl (C=O) groups excluding carboxylic acids is 1. The van der Waals surface area contributed by atoms with Crippen molar-refractivity contribution >= 4 is 51.6 Å². The number of aromatic nitrogens is 5. The molecule has 0 spiro atoms. The molecule has 1 amide bonds. The van der Waals surface area contributed by atoms with Crippen LogP contribution in [-0.2, 0) is 11.8 Å². The number of nitrogens with zero attached hydrogens (tertiary/aromatic N) is 7. The molecule has 12 heteroatoms. The van der Waals surface area contributed by atoms with Crippen LogP contribution in [0.25, 0.3) is 22.3 Å². The highest BCUT2D eigenvalue weighted by atomic mass is 35.5. The molecule has 4 aromatic rings. The van der Waals surface area contributed by atoms with Crippen molar-refractivity contribution in [3.8, 4) is 17.0 Å². The Bertz CT molecular complexity index is 1490. The van der Waals surface area contributed by atoms with Crippen molar-refractivity contribution in [2.45, 2.75) is 0 Å². The molecule has 4 rings (SSSR count). The molecule has 3 heterocycles. The van der Waals surface area contributed by atoms with Crippen LogP contribution in [-0.4, -0.2) is 76.9 Å². The Morgan fingerprint density at radius 2 is 1.92 bits per heavy atom. The van der Waals surface area contributed by atoms with E-state index in [1.165, 1.54) is 12.3 Å². The normalized spacial score (nSPS) is 11.0. The SMILES string of the molecule is C=CC(=O)Nc1cc(Nc2ncc(Cl)c(-c3cnc4c(cnn4C)c3)n2)c(OC)cc1N(C)CCN(C)C. The lowest BCUT2D eigenvalue weighted by atomic mass is 10.1. The molecule has 1 aromatic carbocycles. The number of anilines is 4. The summed E-state index contributed by atoms with van der Waals surface area (Å²) in [5.41, 5.74) is 3.93. The maximum Gasteiger partial charge on any atom is 0.247 e. The highest BCUT2D eigenvalue weighted by Gasteiger charge is 2.17. The van der Waals surface area contributed by atoms with Gasteiger partial charge in [0.1, 0.15) is 5.75 Å². The fourth-order valence-electron chi connectivity index (χ4n) is 3.83. The standard InChI is InChI=1S/C26H30ClN9O2/c1-7-23(37)31-19-11-20(22(38-6)12-21(19)35(4)9-8-34(2)3)32-26-29-15-18(27)24(33-26)16-10-17-14-30-36(5)25(17)28-13-16/h7,10-15H,1,8-9H2,2-6H3,(H,31,37)(H,29,32,33). The second-order valence-corrected chi connectivity index (χ2v) is 9.32. The first-order chi connectivity index (χ1) is 18.2. The minimum absolute atomic E-state index is 0.295. The van der Waals surface area contributed by atoms with Crippen LogP contribution in [0.15, 0.2) is 49.4 Å². The van der Waals surface area contributed by atoms with Gasteiger partial charge in [0.25, 0.3) is 0 Å². The first-order valence-corrected chi connectivity index (χ1v) is 12.2. The summed E-state index contributed by atoms with van der Waals surface area (Å²) in [6.45, 7) is 5.13. The minimum Gasteiger partial charge on any atom is -0.494 e. The third-order valence-corrected chi connectivity index (χ3v) is 6.17. The van der Waals surface area contributed by atoms with Gasteiger partial charge >= 0.3 is 0 Å². The van der Waals surface area contributed by atoms with E-state index in [1.807, 2.05) is 45.2 Å². The highest BCUT2D eigenvalue weighted by Crippen LogP contribution is 2.38. The molecule has 11 nitrogen and oxygen atoms in total. The summed E-state index contributed by atoms with van der Waals surface area (Å²) in [5.74, 6) is 0.516. The topological polar surface area (TPSA) is 113 Å². The van der Waals surface area contributed by atoms with Crippen LogP contribution < -0.4 is 20.3 Å². The molecule has 2 N–H and O–H groups in total. The Hall–Kier alpha value is -4.22. The first kappa shape index (κ1) is 26.8. The van der Waals surface area contributed by atoms with E-state index < -0.39 is 0 Å². The Morgan fingerprint density at radius 1 is 1.13 bits per heavy atom. The van der Waals surface area contributed by atoms with Gasteiger partial charge in [-0.15, -0.1) is 0 Å². The first-order valence-electron chi connectivity index (χ1n) is 11.8. The minimum atomic E-state index is -0.327. The lowest BCUT2D eigenvalue weighted by Crippen LogP contribution is -2.29. The average Bonchev–Trinajstić information content (AvgIpc) is 3.28. The van der Waals surface area contributed by atoms with Crippen LogP contribution in [0.3, 0.4) is 0 Å². The number of amides is 1. The van der Waals surface area contributed by atoms with Crippen molar-refractivity contribution < 1.29 is 9.53 Å². The molecule has 0 aliphatic rings. The molecule has 0 saturated heterocycles. The summed E-state index contributed by atoms with van der Waals surface area (Å²) in [5, 5.41) is 11.6. The van der Waals surface area contributed by atoms with E-state index in [1.54, 1.807) is 30.3 Å². The highest BCUT2D eigenvalue weighted by molar-refractivity contribution is 6.33. The number of aryl methyl sites for hydroxylation is 1. The van der Waals surface area contributed by atoms with Crippen LogP contribution in [0.1, 0.15) is 0 Å². The number of carbonyl (C=O) groups is 1. The van der Waals surface area contributed by atoms with Crippen LogP contribution in [0, 0.1) is 0 Å². The number of hydrogen-bond donors (Lipinski definition) is 2. The molecule has 38 heavy (non-hydrogen) atoms. The monoisotopic (exact) mass is 535 g/mol. The molecule has 0 atom stereocenters. The number of likely N-dealkylation sites (N-methyl/N-ethyl adjacent to an activating group) is 2. The third-order valence-electron chi connectivity index (χ3n) is 5.89. The number of nitrogens with one attached hydrogen (secondary N) is 2. The van der Waals surface area contributed by atoms with Gasteiger partial charge in [-0.05, 0) is 32.3 Å². The molecule has 0 radical (unpaired) electrons. The van der Waals surface area contributed by atoms with E-state index in [0.717, 1.165) is 35.4 Å².